The molecule has 2 aromatic carbocycles. The first kappa shape index (κ1) is 21.9. The molecule has 29 heavy (non-hydrogen) atoms. The van der Waals surface area contributed by atoms with Gasteiger partial charge in [0.15, 0.2) is 0 Å². The standard InChI is InChI=1S/C21H25N3O5/c1-14-10-15(2)16(3)19(11-14)29-9-5-8-22-20(25)13-23-21(26)17-6-4-7-18(12-17)24(27)28/h4,6-7,10-12H,5,8-9,13H2,1-3H3,(H,22,25)(H,23,26). The summed E-state index contributed by atoms with van der Waals surface area (Å²) in [6.45, 7) is 6.73. The zero-order valence-corrected chi connectivity index (χ0v) is 16.8. The number of carbonyl (C=O) groups is 2. The van der Waals surface area contributed by atoms with Gasteiger partial charge >= 0.3 is 0 Å². The quantitative estimate of drug-likeness (QED) is 0.383. The molecule has 0 bridgehead atoms. The molecule has 2 N–H and O–H groups in total. The molecule has 0 fully saturated rings. The zero-order chi connectivity index (χ0) is 21.4. The number of nitro groups is 1. The third kappa shape index (κ3) is 6.60. The minimum atomic E-state index is -0.578. The number of aryl methyl sites for hydroxylation is 2. The highest BCUT2D eigenvalue weighted by Crippen LogP contribution is 2.23. The van der Waals surface area contributed by atoms with Crippen LogP contribution in [0.15, 0.2) is 36.4 Å². The van der Waals surface area contributed by atoms with E-state index in [1.165, 1.54) is 29.8 Å². The molecule has 0 spiro atoms. The van der Waals surface area contributed by atoms with Gasteiger partial charge in [-0.05, 0) is 56.0 Å². The summed E-state index contributed by atoms with van der Waals surface area (Å²) < 4.78 is 5.79. The van der Waals surface area contributed by atoms with E-state index in [1.54, 1.807) is 0 Å². The van der Waals surface area contributed by atoms with Crippen molar-refractivity contribution in [2.75, 3.05) is 19.7 Å². The summed E-state index contributed by atoms with van der Waals surface area (Å²) in [6, 6.07) is 9.43. The Morgan fingerprint density at radius 2 is 1.86 bits per heavy atom. The maximum Gasteiger partial charge on any atom is 0.270 e. The lowest BCUT2D eigenvalue weighted by molar-refractivity contribution is -0.384. The molecular weight excluding hydrogens is 374 g/mol. The SMILES string of the molecule is Cc1cc(C)c(C)c(OCCCNC(=O)CNC(=O)c2cccc([N+](=O)[O-])c2)c1. The van der Waals surface area contributed by atoms with Crippen LogP contribution in [0.5, 0.6) is 5.75 Å². The van der Waals surface area contributed by atoms with Crippen LogP contribution in [0, 0.1) is 30.9 Å². The van der Waals surface area contributed by atoms with Crippen molar-refractivity contribution in [1.82, 2.24) is 10.6 Å². The van der Waals surface area contributed by atoms with Gasteiger partial charge in [-0.2, -0.15) is 0 Å². The number of non-ortho nitro benzene ring substituents is 1. The summed E-state index contributed by atoms with van der Waals surface area (Å²) in [5.74, 6) is -0.0399. The molecule has 8 heteroatoms. The molecule has 0 atom stereocenters. The lowest BCUT2D eigenvalue weighted by Gasteiger charge is -2.12. The number of benzene rings is 2. The van der Waals surface area contributed by atoms with Gasteiger partial charge in [0, 0.05) is 24.2 Å². The van der Waals surface area contributed by atoms with Crippen molar-refractivity contribution in [3.8, 4) is 5.75 Å². The van der Waals surface area contributed by atoms with Crippen molar-refractivity contribution in [1.29, 1.82) is 0 Å². The van der Waals surface area contributed by atoms with E-state index in [-0.39, 0.29) is 23.7 Å². The van der Waals surface area contributed by atoms with Gasteiger partial charge in [0.05, 0.1) is 18.1 Å². The van der Waals surface area contributed by atoms with Gasteiger partial charge in [-0.25, -0.2) is 0 Å². The van der Waals surface area contributed by atoms with Crippen LogP contribution in [0.4, 0.5) is 5.69 Å². The molecule has 2 rings (SSSR count). The average molecular weight is 399 g/mol. The monoisotopic (exact) mass is 399 g/mol. The normalized spacial score (nSPS) is 10.3. The van der Waals surface area contributed by atoms with Gasteiger partial charge < -0.3 is 15.4 Å². The zero-order valence-electron chi connectivity index (χ0n) is 16.8. The fourth-order valence-electron chi connectivity index (χ4n) is 2.72. The van der Waals surface area contributed by atoms with Crippen LogP contribution in [-0.4, -0.2) is 36.4 Å². The van der Waals surface area contributed by atoms with Gasteiger partial charge in [-0.15, -0.1) is 0 Å². The third-order valence-corrected chi connectivity index (χ3v) is 4.39. The van der Waals surface area contributed by atoms with Crippen molar-refractivity contribution >= 4 is 17.5 Å². The van der Waals surface area contributed by atoms with Crippen LogP contribution in [0.2, 0.25) is 0 Å². The minimum Gasteiger partial charge on any atom is -0.493 e. The average Bonchev–Trinajstić information content (AvgIpc) is 2.69. The Labute approximate surface area is 169 Å². The summed E-state index contributed by atoms with van der Waals surface area (Å²) in [4.78, 5) is 34.0. The molecule has 0 saturated heterocycles. The number of nitrogens with one attached hydrogen (secondary N) is 2. The van der Waals surface area contributed by atoms with Crippen LogP contribution >= 0.6 is 0 Å². The molecule has 0 aliphatic carbocycles. The van der Waals surface area contributed by atoms with Gasteiger partial charge in [0.2, 0.25) is 5.91 Å². The van der Waals surface area contributed by atoms with Crippen LogP contribution < -0.4 is 15.4 Å². The molecule has 0 saturated carbocycles. The van der Waals surface area contributed by atoms with Gasteiger partial charge in [-0.3, -0.25) is 19.7 Å². The summed E-state index contributed by atoms with van der Waals surface area (Å²) in [5.41, 5.74) is 3.36. The summed E-state index contributed by atoms with van der Waals surface area (Å²) in [5, 5.41) is 15.9. The van der Waals surface area contributed by atoms with Crippen LogP contribution in [0.25, 0.3) is 0 Å². The fraction of sp³-hybridized carbons (Fsp3) is 0.333. The van der Waals surface area contributed by atoms with E-state index in [2.05, 4.69) is 16.7 Å². The van der Waals surface area contributed by atoms with E-state index in [9.17, 15) is 19.7 Å². The van der Waals surface area contributed by atoms with E-state index in [0.717, 1.165) is 16.9 Å². The van der Waals surface area contributed by atoms with E-state index >= 15 is 0 Å². The van der Waals surface area contributed by atoms with Gasteiger partial charge in [-0.1, -0.05) is 12.1 Å². The number of carbonyl (C=O) groups excluding carboxylic acids is 2. The van der Waals surface area contributed by atoms with Crippen molar-refractivity contribution in [2.45, 2.75) is 27.2 Å². The van der Waals surface area contributed by atoms with Crippen molar-refractivity contribution in [3.63, 3.8) is 0 Å². The van der Waals surface area contributed by atoms with Crippen LogP contribution in [0.3, 0.4) is 0 Å². The van der Waals surface area contributed by atoms with Crippen molar-refractivity contribution in [2.24, 2.45) is 0 Å². The minimum absolute atomic E-state index is 0.129. The molecule has 0 radical (unpaired) electrons. The smallest absolute Gasteiger partial charge is 0.270 e. The second-order valence-electron chi connectivity index (χ2n) is 6.75. The second-order valence-corrected chi connectivity index (χ2v) is 6.75. The summed E-state index contributed by atoms with van der Waals surface area (Å²) in [6.07, 6.45) is 0.622. The first-order valence-electron chi connectivity index (χ1n) is 9.28. The molecule has 8 nitrogen and oxygen atoms in total. The molecule has 0 heterocycles. The first-order valence-corrected chi connectivity index (χ1v) is 9.28. The molecule has 0 aromatic heterocycles. The van der Waals surface area contributed by atoms with Crippen molar-refractivity contribution in [3.05, 3.63) is 68.8 Å². The predicted octanol–water partition coefficient (Wildman–Crippen LogP) is 2.84. The second kappa shape index (κ2) is 10.2. The topological polar surface area (TPSA) is 111 Å². The van der Waals surface area contributed by atoms with E-state index in [4.69, 9.17) is 4.74 Å². The van der Waals surface area contributed by atoms with Gasteiger partial charge in [0.1, 0.15) is 5.75 Å². The van der Waals surface area contributed by atoms with Crippen molar-refractivity contribution < 1.29 is 19.2 Å². The van der Waals surface area contributed by atoms with E-state index in [0.29, 0.717) is 19.6 Å². The lowest BCUT2D eigenvalue weighted by Crippen LogP contribution is -2.37. The third-order valence-electron chi connectivity index (χ3n) is 4.39. The Morgan fingerprint density at radius 1 is 1.10 bits per heavy atom. The van der Waals surface area contributed by atoms with Gasteiger partial charge in [0.25, 0.3) is 11.6 Å². The molecule has 0 aliphatic rings. The van der Waals surface area contributed by atoms with E-state index in [1.807, 2.05) is 26.8 Å². The Morgan fingerprint density at radius 3 is 2.59 bits per heavy atom. The first-order chi connectivity index (χ1) is 13.8. The van der Waals surface area contributed by atoms with Crippen LogP contribution in [-0.2, 0) is 4.79 Å². The molecule has 154 valence electrons. The molecule has 0 unspecified atom stereocenters. The number of rotatable bonds is 9. The maximum atomic E-state index is 12.0. The highest BCUT2D eigenvalue weighted by molar-refractivity contribution is 5.96. The largest absolute Gasteiger partial charge is 0.493 e. The number of hydrogen-bond donors (Lipinski definition) is 2. The molecule has 2 amide bonds. The number of nitrogens with zero attached hydrogens (tertiary/aromatic N) is 1. The number of hydrogen-bond acceptors (Lipinski definition) is 5. The summed E-state index contributed by atoms with van der Waals surface area (Å²) >= 11 is 0. The molecular formula is C21H25N3O5. The Hall–Kier alpha value is -3.42. The number of nitro benzene ring substituents is 1. The Kier molecular flexibility index (Phi) is 7.70. The number of amides is 2. The molecule has 2 aromatic rings. The van der Waals surface area contributed by atoms with Crippen LogP contribution in [0.1, 0.15) is 33.5 Å². The Balaban J connectivity index is 1.69. The summed E-state index contributed by atoms with van der Waals surface area (Å²) in [7, 11) is 0. The molecule has 0 aliphatic heterocycles. The highest BCUT2D eigenvalue weighted by Gasteiger charge is 2.12. The number of ether oxygens (including phenoxy) is 1. The highest BCUT2D eigenvalue weighted by atomic mass is 16.6. The lowest BCUT2D eigenvalue weighted by atomic mass is 10.1. The Bertz CT molecular complexity index is 911. The maximum absolute atomic E-state index is 12.0. The predicted molar refractivity (Wildman–Crippen MR) is 109 cm³/mol. The fourth-order valence-corrected chi connectivity index (χ4v) is 2.72. The van der Waals surface area contributed by atoms with E-state index < -0.39 is 10.8 Å².